The summed E-state index contributed by atoms with van der Waals surface area (Å²) >= 11 is 0. The molecule has 0 spiro atoms. The van der Waals surface area contributed by atoms with E-state index in [2.05, 4.69) is 17.3 Å². The van der Waals surface area contributed by atoms with Gasteiger partial charge in [-0.2, -0.15) is 0 Å². The number of likely N-dealkylation sites (tertiary alicyclic amines) is 1. The number of amides is 1. The fourth-order valence-corrected chi connectivity index (χ4v) is 2.19. The van der Waals surface area contributed by atoms with Crippen LogP contribution in [0.15, 0.2) is 30.3 Å². The summed E-state index contributed by atoms with van der Waals surface area (Å²) in [7, 11) is 2.15. The summed E-state index contributed by atoms with van der Waals surface area (Å²) in [4.78, 5) is 14.2. The monoisotopic (exact) mass is 232 g/mol. The van der Waals surface area contributed by atoms with Gasteiger partial charge in [-0.15, -0.1) is 0 Å². The molecule has 0 aliphatic carbocycles. The topological polar surface area (TPSA) is 32.3 Å². The van der Waals surface area contributed by atoms with Crippen LogP contribution in [-0.2, 0) is 0 Å². The lowest BCUT2D eigenvalue weighted by atomic mass is 9.97. The molecule has 1 aliphatic heterocycles. The van der Waals surface area contributed by atoms with E-state index in [4.69, 9.17) is 0 Å². The molecular weight excluding hydrogens is 212 g/mol. The molecule has 0 radical (unpaired) electrons. The van der Waals surface area contributed by atoms with Crippen LogP contribution >= 0.6 is 0 Å². The van der Waals surface area contributed by atoms with Gasteiger partial charge in [0.15, 0.2) is 0 Å². The van der Waals surface area contributed by atoms with Crippen LogP contribution in [0.1, 0.15) is 23.2 Å². The van der Waals surface area contributed by atoms with E-state index in [1.54, 1.807) is 0 Å². The van der Waals surface area contributed by atoms with E-state index in [9.17, 15) is 4.79 Å². The van der Waals surface area contributed by atoms with Gasteiger partial charge in [-0.3, -0.25) is 4.79 Å². The van der Waals surface area contributed by atoms with E-state index in [-0.39, 0.29) is 5.91 Å². The highest BCUT2D eigenvalue weighted by Crippen LogP contribution is 2.14. The molecular formula is C14H20N2O. The van der Waals surface area contributed by atoms with Crippen LogP contribution in [0.25, 0.3) is 0 Å². The highest BCUT2D eigenvalue weighted by atomic mass is 16.1. The number of hydrogen-bond acceptors (Lipinski definition) is 2. The van der Waals surface area contributed by atoms with Crippen molar-refractivity contribution in [2.45, 2.75) is 12.8 Å². The maximum atomic E-state index is 11.8. The highest BCUT2D eigenvalue weighted by Gasteiger charge is 2.17. The number of carbonyl (C=O) groups excluding carboxylic acids is 1. The predicted molar refractivity (Wildman–Crippen MR) is 69.0 cm³/mol. The lowest BCUT2D eigenvalue weighted by molar-refractivity contribution is 0.0939. The Hall–Kier alpha value is -1.35. The summed E-state index contributed by atoms with van der Waals surface area (Å²) in [5.74, 6) is 0.684. The molecule has 3 nitrogen and oxygen atoms in total. The Morgan fingerprint density at radius 1 is 1.29 bits per heavy atom. The molecule has 1 N–H and O–H groups in total. The largest absolute Gasteiger partial charge is 0.352 e. The van der Waals surface area contributed by atoms with Gasteiger partial charge in [0.2, 0.25) is 0 Å². The molecule has 2 rings (SSSR count). The van der Waals surface area contributed by atoms with E-state index < -0.39 is 0 Å². The highest BCUT2D eigenvalue weighted by molar-refractivity contribution is 5.94. The summed E-state index contributed by atoms with van der Waals surface area (Å²) in [5, 5.41) is 3.03. The molecule has 0 aromatic heterocycles. The van der Waals surface area contributed by atoms with Crippen molar-refractivity contribution in [3.05, 3.63) is 35.9 Å². The first kappa shape index (κ1) is 12.1. The molecule has 1 saturated heterocycles. The van der Waals surface area contributed by atoms with Crippen LogP contribution in [0.2, 0.25) is 0 Å². The molecule has 0 saturated carbocycles. The number of nitrogens with one attached hydrogen (secondary N) is 1. The average molecular weight is 232 g/mol. The zero-order chi connectivity index (χ0) is 12.1. The molecule has 1 aromatic carbocycles. The zero-order valence-corrected chi connectivity index (χ0v) is 10.4. The van der Waals surface area contributed by atoms with Crippen molar-refractivity contribution in [3.63, 3.8) is 0 Å². The zero-order valence-electron chi connectivity index (χ0n) is 10.4. The second-order valence-electron chi connectivity index (χ2n) is 4.82. The second kappa shape index (κ2) is 5.82. The number of rotatable bonds is 3. The standard InChI is InChI=1S/C14H20N2O/c1-16-9-7-12(8-10-16)11-15-14(17)13-5-3-2-4-6-13/h2-6,12H,7-11H2,1H3,(H,15,17). The lowest BCUT2D eigenvalue weighted by Crippen LogP contribution is -2.36. The first-order valence-corrected chi connectivity index (χ1v) is 6.27. The first-order valence-electron chi connectivity index (χ1n) is 6.27. The van der Waals surface area contributed by atoms with Crippen LogP contribution in [-0.4, -0.2) is 37.5 Å². The van der Waals surface area contributed by atoms with Crippen molar-refractivity contribution in [3.8, 4) is 0 Å². The Bertz CT molecular complexity index is 356. The quantitative estimate of drug-likeness (QED) is 0.861. The number of benzene rings is 1. The maximum absolute atomic E-state index is 11.8. The third kappa shape index (κ3) is 3.56. The summed E-state index contributed by atoms with van der Waals surface area (Å²) in [6.45, 7) is 3.10. The molecule has 1 aliphatic rings. The summed E-state index contributed by atoms with van der Waals surface area (Å²) in [6.07, 6.45) is 2.37. The van der Waals surface area contributed by atoms with Crippen LogP contribution < -0.4 is 5.32 Å². The van der Waals surface area contributed by atoms with Crippen LogP contribution in [0.3, 0.4) is 0 Å². The molecule has 1 aromatic rings. The molecule has 17 heavy (non-hydrogen) atoms. The van der Waals surface area contributed by atoms with Crippen LogP contribution in [0, 0.1) is 5.92 Å². The van der Waals surface area contributed by atoms with Gasteiger partial charge in [0.1, 0.15) is 0 Å². The van der Waals surface area contributed by atoms with Crippen molar-refractivity contribution in [2.75, 3.05) is 26.7 Å². The summed E-state index contributed by atoms with van der Waals surface area (Å²) < 4.78 is 0. The predicted octanol–water partition coefficient (Wildman–Crippen LogP) is 1.76. The van der Waals surface area contributed by atoms with E-state index in [0.717, 1.165) is 25.2 Å². The SMILES string of the molecule is CN1CCC(CNC(=O)c2ccccc2)CC1. The Labute approximate surface area is 103 Å². The van der Waals surface area contributed by atoms with Crippen LogP contribution in [0.5, 0.6) is 0 Å². The van der Waals surface area contributed by atoms with Gasteiger partial charge in [0, 0.05) is 12.1 Å². The fourth-order valence-electron chi connectivity index (χ4n) is 2.19. The Balaban J connectivity index is 1.77. The third-order valence-electron chi connectivity index (χ3n) is 3.43. The minimum Gasteiger partial charge on any atom is -0.352 e. The van der Waals surface area contributed by atoms with E-state index in [0.29, 0.717) is 5.92 Å². The van der Waals surface area contributed by atoms with Gasteiger partial charge in [0.05, 0.1) is 0 Å². The number of nitrogens with zero attached hydrogens (tertiary/aromatic N) is 1. The fraction of sp³-hybridized carbons (Fsp3) is 0.500. The maximum Gasteiger partial charge on any atom is 0.251 e. The smallest absolute Gasteiger partial charge is 0.251 e. The van der Waals surface area contributed by atoms with Crippen LogP contribution in [0.4, 0.5) is 0 Å². The Morgan fingerprint density at radius 3 is 2.59 bits per heavy atom. The second-order valence-corrected chi connectivity index (χ2v) is 4.82. The lowest BCUT2D eigenvalue weighted by Gasteiger charge is -2.28. The van der Waals surface area contributed by atoms with Gasteiger partial charge in [-0.1, -0.05) is 18.2 Å². The molecule has 0 atom stereocenters. The van der Waals surface area contributed by atoms with Gasteiger partial charge in [0.25, 0.3) is 5.91 Å². The number of carbonyl (C=O) groups is 1. The normalized spacial score (nSPS) is 17.9. The molecule has 92 valence electrons. The molecule has 3 heteroatoms. The summed E-state index contributed by atoms with van der Waals surface area (Å²) in [6, 6.07) is 9.41. The number of piperidine rings is 1. The van der Waals surface area contributed by atoms with Crippen molar-refractivity contribution < 1.29 is 4.79 Å². The van der Waals surface area contributed by atoms with Gasteiger partial charge in [-0.25, -0.2) is 0 Å². The molecule has 1 fully saturated rings. The van der Waals surface area contributed by atoms with E-state index >= 15 is 0 Å². The first-order chi connectivity index (χ1) is 8.25. The average Bonchev–Trinajstić information content (AvgIpc) is 2.39. The minimum atomic E-state index is 0.0459. The molecule has 1 heterocycles. The van der Waals surface area contributed by atoms with E-state index in [1.165, 1.54) is 12.8 Å². The molecule has 0 unspecified atom stereocenters. The summed E-state index contributed by atoms with van der Waals surface area (Å²) in [5.41, 5.74) is 0.750. The van der Waals surface area contributed by atoms with E-state index in [1.807, 2.05) is 30.3 Å². The number of hydrogen-bond donors (Lipinski definition) is 1. The molecule has 1 amide bonds. The Morgan fingerprint density at radius 2 is 1.94 bits per heavy atom. The van der Waals surface area contributed by atoms with Crippen molar-refractivity contribution in [2.24, 2.45) is 5.92 Å². The van der Waals surface area contributed by atoms with Gasteiger partial charge >= 0.3 is 0 Å². The van der Waals surface area contributed by atoms with Crippen molar-refractivity contribution >= 4 is 5.91 Å². The van der Waals surface area contributed by atoms with Gasteiger partial charge < -0.3 is 10.2 Å². The Kier molecular flexibility index (Phi) is 4.15. The van der Waals surface area contributed by atoms with Crippen molar-refractivity contribution in [1.29, 1.82) is 0 Å². The van der Waals surface area contributed by atoms with Gasteiger partial charge in [-0.05, 0) is 51.0 Å². The minimum absolute atomic E-state index is 0.0459. The third-order valence-corrected chi connectivity index (χ3v) is 3.43. The van der Waals surface area contributed by atoms with Crippen molar-refractivity contribution in [1.82, 2.24) is 10.2 Å². The molecule has 0 bridgehead atoms.